The van der Waals surface area contributed by atoms with E-state index in [1.807, 2.05) is 80.6 Å². The Balaban J connectivity index is 1.67. The first-order valence-electron chi connectivity index (χ1n) is 8.32. The average molecular weight is 344 g/mol. The van der Waals surface area contributed by atoms with E-state index in [1.165, 1.54) is 0 Å². The Hall–Kier alpha value is -3.47. The number of hydrazone groups is 1. The van der Waals surface area contributed by atoms with Gasteiger partial charge in [0.25, 0.3) is 5.91 Å². The Bertz CT molecular complexity index is 941. The molecule has 1 aromatic heterocycles. The summed E-state index contributed by atoms with van der Waals surface area (Å²) in [6, 6.07) is 19.7. The Morgan fingerprint density at radius 3 is 2.42 bits per heavy atom. The van der Waals surface area contributed by atoms with Gasteiger partial charge in [-0.15, -0.1) is 0 Å². The monoisotopic (exact) mass is 344 g/mol. The van der Waals surface area contributed by atoms with E-state index in [-0.39, 0.29) is 5.91 Å². The largest absolute Gasteiger partial charge is 0.289 e. The molecule has 0 spiro atoms. The summed E-state index contributed by atoms with van der Waals surface area (Å²) < 4.78 is 0. The molecule has 0 saturated heterocycles. The van der Waals surface area contributed by atoms with E-state index in [0.29, 0.717) is 5.69 Å². The van der Waals surface area contributed by atoms with E-state index in [0.717, 1.165) is 28.0 Å². The zero-order valence-electron chi connectivity index (χ0n) is 14.7. The number of aromatic nitrogens is 2. The van der Waals surface area contributed by atoms with E-state index >= 15 is 0 Å². The second-order valence-electron chi connectivity index (χ2n) is 5.94. The normalized spacial score (nSPS) is 11.7. The standard InChI is InChI=1S/C21H20N4O/c1-15(13-17-9-5-3-6-10-17)14-22-25-21(26)20-16(2)19(23-24-20)18-11-7-4-8-12-18/h3-14H,1-2H3,(H,23,24)(H,25,26)/b15-13+,22-14+. The zero-order valence-corrected chi connectivity index (χ0v) is 14.7. The first kappa shape index (κ1) is 17.4. The van der Waals surface area contributed by atoms with Gasteiger partial charge >= 0.3 is 0 Å². The van der Waals surface area contributed by atoms with E-state index in [4.69, 9.17) is 0 Å². The number of benzene rings is 2. The SMILES string of the molecule is CC(/C=N/NC(=O)c1[nH]nc(-c2ccccc2)c1C)=C\c1ccccc1. The number of nitrogens with one attached hydrogen (secondary N) is 2. The summed E-state index contributed by atoms with van der Waals surface area (Å²) in [6.07, 6.45) is 3.61. The number of carbonyl (C=O) groups is 1. The summed E-state index contributed by atoms with van der Waals surface area (Å²) >= 11 is 0. The molecule has 2 aromatic carbocycles. The van der Waals surface area contributed by atoms with Gasteiger partial charge in [0.2, 0.25) is 0 Å². The molecule has 5 heteroatoms. The third-order valence-electron chi connectivity index (χ3n) is 3.91. The van der Waals surface area contributed by atoms with Crippen LogP contribution in [0, 0.1) is 6.92 Å². The number of carbonyl (C=O) groups excluding carboxylic acids is 1. The summed E-state index contributed by atoms with van der Waals surface area (Å²) in [5.74, 6) is -0.319. The van der Waals surface area contributed by atoms with Crippen LogP contribution in [0.1, 0.15) is 28.5 Å². The molecule has 0 saturated carbocycles. The second-order valence-corrected chi connectivity index (χ2v) is 5.94. The van der Waals surface area contributed by atoms with E-state index in [2.05, 4.69) is 20.7 Å². The van der Waals surface area contributed by atoms with Crippen LogP contribution in [-0.4, -0.2) is 22.3 Å². The van der Waals surface area contributed by atoms with E-state index < -0.39 is 0 Å². The van der Waals surface area contributed by atoms with Gasteiger partial charge in [0, 0.05) is 11.1 Å². The lowest BCUT2D eigenvalue weighted by Crippen LogP contribution is -2.19. The zero-order chi connectivity index (χ0) is 18.4. The van der Waals surface area contributed by atoms with Crippen LogP contribution in [0.3, 0.4) is 0 Å². The molecule has 26 heavy (non-hydrogen) atoms. The predicted molar refractivity (Wildman–Crippen MR) is 105 cm³/mol. The smallest absolute Gasteiger partial charge is 0.272 e. The molecule has 3 rings (SSSR count). The van der Waals surface area contributed by atoms with Crippen LogP contribution in [-0.2, 0) is 0 Å². The van der Waals surface area contributed by atoms with Crippen molar-refractivity contribution < 1.29 is 4.79 Å². The maximum absolute atomic E-state index is 12.3. The van der Waals surface area contributed by atoms with Crippen molar-refractivity contribution in [1.82, 2.24) is 15.6 Å². The number of amides is 1. The summed E-state index contributed by atoms with van der Waals surface area (Å²) in [6.45, 7) is 3.79. The maximum atomic E-state index is 12.3. The molecular weight excluding hydrogens is 324 g/mol. The number of H-pyrrole nitrogens is 1. The van der Waals surface area contributed by atoms with Crippen molar-refractivity contribution >= 4 is 18.2 Å². The number of allylic oxidation sites excluding steroid dienone is 1. The fourth-order valence-corrected chi connectivity index (χ4v) is 2.59. The topological polar surface area (TPSA) is 70.1 Å². The van der Waals surface area contributed by atoms with Gasteiger partial charge in [-0.2, -0.15) is 10.2 Å². The van der Waals surface area contributed by atoms with Crippen LogP contribution in [0.4, 0.5) is 0 Å². The number of aromatic amines is 1. The summed E-state index contributed by atoms with van der Waals surface area (Å²) in [5.41, 5.74) is 7.48. The molecule has 0 atom stereocenters. The Labute approximate surface area is 152 Å². The van der Waals surface area contributed by atoms with Crippen LogP contribution in [0.2, 0.25) is 0 Å². The molecule has 0 fully saturated rings. The number of hydrogen-bond acceptors (Lipinski definition) is 3. The van der Waals surface area contributed by atoms with Gasteiger partial charge in [-0.05, 0) is 25.0 Å². The third kappa shape index (κ3) is 4.13. The molecule has 3 aromatic rings. The Morgan fingerprint density at radius 1 is 1.08 bits per heavy atom. The van der Waals surface area contributed by atoms with Gasteiger partial charge in [-0.25, -0.2) is 5.43 Å². The molecule has 2 N–H and O–H groups in total. The highest BCUT2D eigenvalue weighted by Crippen LogP contribution is 2.22. The molecule has 0 unspecified atom stereocenters. The van der Waals surface area contributed by atoms with E-state index in [1.54, 1.807) is 6.21 Å². The average Bonchev–Trinajstić information content (AvgIpc) is 3.04. The van der Waals surface area contributed by atoms with Crippen molar-refractivity contribution in [2.24, 2.45) is 5.10 Å². The van der Waals surface area contributed by atoms with Crippen LogP contribution >= 0.6 is 0 Å². The minimum absolute atomic E-state index is 0.319. The minimum Gasteiger partial charge on any atom is -0.272 e. The van der Waals surface area contributed by atoms with Gasteiger partial charge in [0.1, 0.15) is 5.69 Å². The lowest BCUT2D eigenvalue weighted by atomic mass is 10.1. The third-order valence-corrected chi connectivity index (χ3v) is 3.91. The maximum Gasteiger partial charge on any atom is 0.289 e. The van der Waals surface area contributed by atoms with Crippen molar-refractivity contribution in [1.29, 1.82) is 0 Å². The van der Waals surface area contributed by atoms with Crippen LogP contribution in [0.15, 0.2) is 71.3 Å². The second kappa shape index (κ2) is 8.07. The highest BCUT2D eigenvalue weighted by molar-refractivity contribution is 5.96. The molecule has 0 aliphatic heterocycles. The van der Waals surface area contributed by atoms with Crippen molar-refractivity contribution in [3.05, 3.63) is 83.1 Å². The predicted octanol–water partition coefficient (Wildman–Crippen LogP) is 4.20. The van der Waals surface area contributed by atoms with E-state index in [9.17, 15) is 4.79 Å². The quantitative estimate of drug-likeness (QED) is 0.538. The molecule has 0 aliphatic carbocycles. The number of rotatable bonds is 5. The van der Waals surface area contributed by atoms with Crippen molar-refractivity contribution in [2.45, 2.75) is 13.8 Å². The molecule has 0 aliphatic rings. The fourth-order valence-electron chi connectivity index (χ4n) is 2.59. The molecule has 5 nitrogen and oxygen atoms in total. The number of hydrogen-bond donors (Lipinski definition) is 2. The summed E-state index contributed by atoms with van der Waals surface area (Å²) in [7, 11) is 0. The number of nitrogens with zero attached hydrogens (tertiary/aromatic N) is 2. The molecule has 1 heterocycles. The van der Waals surface area contributed by atoms with Crippen LogP contribution in [0.5, 0.6) is 0 Å². The van der Waals surface area contributed by atoms with Crippen LogP contribution < -0.4 is 5.43 Å². The highest BCUT2D eigenvalue weighted by atomic mass is 16.2. The van der Waals surface area contributed by atoms with Crippen molar-refractivity contribution in [3.8, 4) is 11.3 Å². The first-order valence-corrected chi connectivity index (χ1v) is 8.32. The Morgan fingerprint density at radius 2 is 1.73 bits per heavy atom. The minimum atomic E-state index is -0.319. The molecule has 130 valence electrons. The van der Waals surface area contributed by atoms with Crippen LogP contribution in [0.25, 0.3) is 17.3 Å². The lowest BCUT2D eigenvalue weighted by molar-refractivity contribution is 0.0949. The van der Waals surface area contributed by atoms with Gasteiger partial charge in [0.15, 0.2) is 0 Å². The molecule has 0 bridgehead atoms. The van der Waals surface area contributed by atoms with Gasteiger partial charge < -0.3 is 0 Å². The lowest BCUT2D eigenvalue weighted by Gasteiger charge is -2.00. The van der Waals surface area contributed by atoms with Crippen molar-refractivity contribution in [2.75, 3.05) is 0 Å². The van der Waals surface area contributed by atoms with Gasteiger partial charge in [-0.1, -0.05) is 66.7 Å². The highest BCUT2D eigenvalue weighted by Gasteiger charge is 2.16. The summed E-state index contributed by atoms with van der Waals surface area (Å²) in [4.78, 5) is 12.3. The molecular formula is C21H20N4O. The van der Waals surface area contributed by atoms with Crippen molar-refractivity contribution in [3.63, 3.8) is 0 Å². The summed E-state index contributed by atoms with van der Waals surface area (Å²) in [5, 5.41) is 11.1. The molecule has 0 radical (unpaired) electrons. The Kier molecular flexibility index (Phi) is 5.39. The van der Waals surface area contributed by atoms with Gasteiger partial charge in [0.05, 0.1) is 11.9 Å². The first-order chi connectivity index (χ1) is 12.6. The van der Waals surface area contributed by atoms with Gasteiger partial charge in [-0.3, -0.25) is 9.89 Å². The molecule has 1 amide bonds. The fraction of sp³-hybridized carbons (Fsp3) is 0.0952.